The molecule has 206 valence electrons. The second-order valence-corrected chi connectivity index (χ2v) is 8.87. The van der Waals surface area contributed by atoms with Gasteiger partial charge in [0.15, 0.2) is 0 Å². The van der Waals surface area contributed by atoms with Gasteiger partial charge in [-0.2, -0.15) is 18.3 Å². The van der Waals surface area contributed by atoms with Crippen molar-refractivity contribution >= 4 is 39.4 Å². The summed E-state index contributed by atoms with van der Waals surface area (Å²) in [4.78, 5) is 33.7. The van der Waals surface area contributed by atoms with E-state index < -0.39 is 12.1 Å². The molecule has 0 unspecified atom stereocenters. The Bertz CT molecular complexity index is 1860. The highest BCUT2D eigenvalue weighted by Gasteiger charge is 2.38. The van der Waals surface area contributed by atoms with Gasteiger partial charge in [0.1, 0.15) is 12.0 Å². The predicted molar refractivity (Wildman–Crippen MR) is 146 cm³/mol. The number of amides is 1. The van der Waals surface area contributed by atoms with Gasteiger partial charge in [0.25, 0.3) is 5.91 Å². The lowest BCUT2D eigenvalue weighted by molar-refractivity contribution is -0.192. The molecule has 9 nitrogen and oxygen atoms in total. The summed E-state index contributed by atoms with van der Waals surface area (Å²) < 4.78 is 33.6. The molecule has 0 saturated heterocycles. The summed E-state index contributed by atoms with van der Waals surface area (Å²) in [6, 6.07) is 23.4. The number of anilines is 1. The van der Waals surface area contributed by atoms with Crippen molar-refractivity contribution in [3.63, 3.8) is 0 Å². The van der Waals surface area contributed by atoms with Crippen LogP contribution in [0, 0.1) is 0 Å². The molecule has 41 heavy (non-hydrogen) atoms. The third-order valence-electron chi connectivity index (χ3n) is 6.07. The van der Waals surface area contributed by atoms with Crippen molar-refractivity contribution in [1.29, 1.82) is 0 Å². The summed E-state index contributed by atoms with van der Waals surface area (Å²) in [6.07, 6.45) is 2.09. The zero-order valence-electron chi connectivity index (χ0n) is 21.1. The number of halogens is 3. The topological polar surface area (TPSA) is 126 Å². The van der Waals surface area contributed by atoms with Gasteiger partial charge in [-0.1, -0.05) is 48.5 Å². The van der Waals surface area contributed by atoms with Crippen LogP contribution in [0.2, 0.25) is 0 Å². The maximum absolute atomic E-state index is 13.0. The number of aromatic amines is 1. The number of carboxylic acids is 1. The normalized spacial score (nSPS) is 11.2. The molecule has 6 aromatic rings. The fraction of sp³-hybridized carbons (Fsp3) is 0.0690. The Balaban J connectivity index is 0.000000431. The SMILES string of the molecule is O=C(Nc1cccc(Cn2cc(-c3ncnc4[nH]ccc34)cn2)c1)c1cccc2ccccc12.O=C(O)C(F)(F)F. The molecule has 3 N–H and O–H groups in total. The van der Waals surface area contributed by atoms with E-state index in [1.54, 1.807) is 12.5 Å². The number of alkyl halides is 3. The summed E-state index contributed by atoms with van der Waals surface area (Å²) in [5.41, 5.74) is 4.99. The van der Waals surface area contributed by atoms with Crippen LogP contribution in [0.15, 0.2) is 97.7 Å². The standard InChI is InChI=1S/C27H20N6O.C2HF3O2/c34-27(23-10-4-7-19-6-1-2-9-22(19)23)32-21-8-3-5-18(13-21)15-33-16-20(14-31-33)25-24-11-12-28-26(24)30-17-29-25;3-2(4,5)1(6)7/h1-14,16-17H,15H2,(H,32,34)(H,28,29,30);(H,6,7). The number of aliphatic carboxylic acids is 1. The zero-order valence-corrected chi connectivity index (χ0v) is 21.1. The summed E-state index contributed by atoms with van der Waals surface area (Å²) in [6.45, 7) is 0.569. The van der Waals surface area contributed by atoms with Crippen molar-refractivity contribution in [3.05, 3.63) is 109 Å². The summed E-state index contributed by atoms with van der Waals surface area (Å²) in [5, 5.41) is 17.6. The largest absolute Gasteiger partial charge is 0.490 e. The van der Waals surface area contributed by atoms with Gasteiger partial charge in [0, 0.05) is 34.6 Å². The van der Waals surface area contributed by atoms with Crippen molar-refractivity contribution in [3.8, 4) is 11.3 Å². The molecule has 0 radical (unpaired) electrons. The van der Waals surface area contributed by atoms with Crippen molar-refractivity contribution in [2.75, 3.05) is 5.32 Å². The number of hydrogen-bond acceptors (Lipinski definition) is 5. The van der Waals surface area contributed by atoms with Crippen LogP contribution in [0.4, 0.5) is 18.9 Å². The van der Waals surface area contributed by atoms with Crippen LogP contribution >= 0.6 is 0 Å². The van der Waals surface area contributed by atoms with E-state index in [2.05, 4.69) is 25.4 Å². The molecular weight excluding hydrogens is 537 g/mol. The van der Waals surface area contributed by atoms with E-state index in [4.69, 9.17) is 9.90 Å². The van der Waals surface area contributed by atoms with Gasteiger partial charge in [-0.3, -0.25) is 9.48 Å². The van der Waals surface area contributed by atoms with Gasteiger partial charge in [-0.25, -0.2) is 14.8 Å². The van der Waals surface area contributed by atoms with Crippen LogP contribution in [0.5, 0.6) is 0 Å². The molecule has 3 aromatic carbocycles. The highest BCUT2D eigenvalue weighted by molar-refractivity contribution is 6.12. The molecule has 0 spiro atoms. The van der Waals surface area contributed by atoms with E-state index in [-0.39, 0.29) is 5.91 Å². The van der Waals surface area contributed by atoms with Crippen LogP contribution in [0.1, 0.15) is 15.9 Å². The van der Waals surface area contributed by atoms with Crippen molar-refractivity contribution in [1.82, 2.24) is 24.7 Å². The van der Waals surface area contributed by atoms with E-state index in [9.17, 15) is 18.0 Å². The minimum atomic E-state index is -5.08. The average molecular weight is 559 g/mol. The van der Waals surface area contributed by atoms with Crippen LogP contribution in [-0.4, -0.2) is 47.9 Å². The second-order valence-electron chi connectivity index (χ2n) is 8.87. The van der Waals surface area contributed by atoms with E-state index in [1.165, 1.54) is 0 Å². The Labute approximate surface area is 230 Å². The van der Waals surface area contributed by atoms with Crippen molar-refractivity contribution < 1.29 is 27.9 Å². The van der Waals surface area contributed by atoms with Gasteiger partial charge in [0.05, 0.1) is 18.4 Å². The molecule has 0 saturated carbocycles. The molecule has 0 fully saturated rings. The van der Waals surface area contributed by atoms with Crippen LogP contribution in [0.25, 0.3) is 33.1 Å². The van der Waals surface area contributed by atoms with Crippen molar-refractivity contribution in [2.24, 2.45) is 0 Å². The Hall–Kier alpha value is -5.52. The highest BCUT2D eigenvalue weighted by Crippen LogP contribution is 2.25. The molecule has 0 aliphatic heterocycles. The number of carboxylic acid groups (broad SMARTS) is 1. The Morgan fingerprint density at radius 3 is 2.51 bits per heavy atom. The van der Waals surface area contributed by atoms with Gasteiger partial charge < -0.3 is 15.4 Å². The smallest absolute Gasteiger partial charge is 0.475 e. The lowest BCUT2D eigenvalue weighted by atomic mass is 10.0. The number of benzene rings is 3. The molecule has 6 rings (SSSR count). The molecule has 0 atom stereocenters. The third kappa shape index (κ3) is 6.22. The first-order chi connectivity index (χ1) is 19.7. The lowest BCUT2D eigenvalue weighted by Gasteiger charge is -2.10. The van der Waals surface area contributed by atoms with Crippen LogP contribution in [0.3, 0.4) is 0 Å². The van der Waals surface area contributed by atoms with E-state index in [0.29, 0.717) is 12.1 Å². The van der Waals surface area contributed by atoms with Crippen LogP contribution in [-0.2, 0) is 11.3 Å². The number of carbonyl (C=O) groups is 2. The molecule has 0 bridgehead atoms. The molecule has 12 heteroatoms. The highest BCUT2D eigenvalue weighted by atomic mass is 19.4. The molecular formula is C29H21F3N6O3. The Morgan fingerprint density at radius 2 is 1.71 bits per heavy atom. The van der Waals surface area contributed by atoms with E-state index in [1.807, 2.05) is 89.9 Å². The van der Waals surface area contributed by atoms with E-state index >= 15 is 0 Å². The maximum atomic E-state index is 13.0. The van der Waals surface area contributed by atoms with Crippen LogP contribution < -0.4 is 5.32 Å². The second kappa shape index (κ2) is 11.3. The number of carbonyl (C=O) groups excluding carboxylic acids is 1. The zero-order chi connectivity index (χ0) is 29.0. The first-order valence-electron chi connectivity index (χ1n) is 12.2. The van der Waals surface area contributed by atoms with Gasteiger partial charge in [0.2, 0.25) is 0 Å². The number of aromatic nitrogens is 5. The summed E-state index contributed by atoms with van der Waals surface area (Å²) >= 11 is 0. The average Bonchev–Trinajstić information content (AvgIpc) is 3.62. The maximum Gasteiger partial charge on any atom is 0.490 e. The lowest BCUT2D eigenvalue weighted by Crippen LogP contribution is -2.21. The van der Waals surface area contributed by atoms with Gasteiger partial charge in [-0.05, 0) is 40.6 Å². The number of hydrogen-bond donors (Lipinski definition) is 3. The molecule has 3 heterocycles. The van der Waals surface area contributed by atoms with Crippen molar-refractivity contribution in [2.45, 2.75) is 12.7 Å². The third-order valence-corrected chi connectivity index (χ3v) is 6.07. The fourth-order valence-corrected chi connectivity index (χ4v) is 4.23. The first-order valence-corrected chi connectivity index (χ1v) is 12.2. The molecule has 0 aliphatic rings. The number of nitrogens with zero attached hydrogens (tertiary/aromatic N) is 4. The van der Waals surface area contributed by atoms with Gasteiger partial charge in [-0.15, -0.1) is 0 Å². The first kappa shape index (κ1) is 27.1. The fourth-order valence-electron chi connectivity index (χ4n) is 4.23. The molecule has 1 amide bonds. The number of nitrogens with one attached hydrogen (secondary N) is 2. The molecule has 0 aliphatic carbocycles. The summed E-state index contributed by atoms with van der Waals surface area (Å²) in [5.74, 6) is -2.89. The predicted octanol–water partition coefficient (Wildman–Crippen LogP) is 5.91. The minimum Gasteiger partial charge on any atom is -0.475 e. The van der Waals surface area contributed by atoms with E-state index in [0.717, 1.165) is 44.3 Å². The Morgan fingerprint density at radius 1 is 0.951 bits per heavy atom. The van der Waals surface area contributed by atoms with Gasteiger partial charge >= 0.3 is 12.1 Å². The summed E-state index contributed by atoms with van der Waals surface area (Å²) in [7, 11) is 0. The number of fused-ring (bicyclic) bond motifs is 2. The monoisotopic (exact) mass is 558 g/mol. The molecule has 3 aromatic heterocycles. The quantitative estimate of drug-likeness (QED) is 0.242. The number of rotatable bonds is 5. The Kier molecular flexibility index (Phi) is 7.46. The minimum absolute atomic E-state index is 0.130. The number of H-pyrrole nitrogens is 1.